The van der Waals surface area contributed by atoms with E-state index in [4.69, 9.17) is 4.74 Å². The summed E-state index contributed by atoms with van der Waals surface area (Å²) in [7, 11) is 0. The highest BCUT2D eigenvalue weighted by Gasteiger charge is 2.53. The lowest BCUT2D eigenvalue weighted by Crippen LogP contribution is -2.53. The first-order valence-corrected chi connectivity index (χ1v) is 23.8. The molecule has 69 heavy (non-hydrogen) atoms. The van der Waals surface area contributed by atoms with Gasteiger partial charge in [0.15, 0.2) is 0 Å². The summed E-state index contributed by atoms with van der Waals surface area (Å²) in [5.74, 6) is -3.15. The van der Waals surface area contributed by atoms with Crippen molar-refractivity contribution < 1.29 is 46.9 Å². The summed E-state index contributed by atoms with van der Waals surface area (Å²) in [6, 6.07) is 21.0. The van der Waals surface area contributed by atoms with E-state index in [0.29, 0.717) is 24.3 Å². The standard InChI is InChI=1S/C29H36F2N2O4.C24H30F2N2O2.C2H6/c1-18(2)21-8-7-9-22(15-21)29(10-11-29)33(27(36)37-28(4,5)6)17-26(35)25(32-19(3)34)14-20-12-23(30)16-24(31)13-20;1-15(2)18-5-4-6-19(12-18)24(7-8-24)27-14-23(30)22(28-16(3)29)11-17-9-20(25)13-21(26)10-17;1-2/h7-9,12-13,15-16,25-26,35H,1,10-11,14,17H2,2-6H3,(H,32,34);4-6,9-10,12-13,15,22-23,27,30H,7-8,11,14H2,1-3H3,(H,28,29);1-2H3/t25-,26+;22-,23+;/m00./s1. The fourth-order valence-electron chi connectivity index (χ4n) is 8.35. The van der Waals surface area contributed by atoms with E-state index in [1.165, 1.54) is 42.0 Å². The van der Waals surface area contributed by atoms with Gasteiger partial charge in [0.25, 0.3) is 0 Å². The van der Waals surface area contributed by atoms with E-state index >= 15 is 0 Å². The molecule has 0 bridgehead atoms. The lowest BCUT2D eigenvalue weighted by molar-refractivity contribution is -0.121. The van der Waals surface area contributed by atoms with Gasteiger partial charge in [0.1, 0.15) is 28.9 Å². The molecule has 4 atom stereocenters. The second kappa shape index (κ2) is 24.3. The molecule has 0 saturated heterocycles. The van der Waals surface area contributed by atoms with Crippen LogP contribution in [0.25, 0.3) is 5.57 Å². The highest BCUT2D eigenvalue weighted by molar-refractivity contribution is 5.74. The number of nitrogens with one attached hydrogen (secondary N) is 3. The predicted octanol–water partition coefficient (Wildman–Crippen LogP) is 10.1. The second-order valence-electron chi connectivity index (χ2n) is 19.4. The maximum Gasteiger partial charge on any atom is 0.411 e. The van der Waals surface area contributed by atoms with Gasteiger partial charge in [-0.3, -0.25) is 14.5 Å². The van der Waals surface area contributed by atoms with Crippen molar-refractivity contribution in [2.75, 3.05) is 13.1 Å². The average Bonchev–Trinajstić information content (AvgIpc) is 4.20. The van der Waals surface area contributed by atoms with Crippen LogP contribution in [0.15, 0.2) is 91.5 Å². The molecule has 0 spiro atoms. The number of nitrogens with zero attached hydrogens (tertiary/aromatic N) is 1. The zero-order valence-electron chi connectivity index (χ0n) is 41.8. The summed E-state index contributed by atoms with van der Waals surface area (Å²) in [6.07, 6.45) is 0.626. The molecular weight excluding hydrogens is 889 g/mol. The largest absolute Gasteiger partial charge is 0.444 e. The molecule has 14 heteroatoms. The Kier molecular flexibility index (Phi) is 19.7. The summed E-state index contributed by atoms with van der Waals surface area (Å²) in [5, 5.41) is 30.9. The van der Waals surface area contributed by atoms with Crippen molar-refractivity contribution in [3.8, 4) is 0 Å². The van der Waals surface area contributed by atoms with Crippen LogP contribution < -0.4 is 16.0 Å². The van der Waals surface area contributed by atoms with Crippen LogP contribution in [0.4, 0.5) is 22.4 Å². The third-order valence-corrected chi connectivity index (χ3v) is 12.1. The minimum absolute atomic E-state index is 0.0320. The lowest BCUT2D eigenvalue weighted by Gasteiger charge is -2.37. The number of aliphatic hydroxyl groups excluding tert-OH is 2. The number of halogens is 4. The molecule has 10 nitrogen and oxygen atoms in total. The third-order valence-electron chi connectivity index (χ3n) is 12.1. The Morgan fingerprint density at radius 2 is 1.19 bits per heavy atom. The Morgan fingerprint density at radius 1 is 0.710 bits per heavy atom. The SMILES string of the molecule is C=C(C)c1cccc(C2(N(C[C@@H](O)[C@H](Cc3cc(F)cc(F)c3)NC(C)=O)C(=O)OC(C)(C)C)CC2)c1.CC.CC(=O)N[C@@H](Cc1cc(F)cc(F)c1)[C@H](O)CNC1(c2cccc(C(C)C)c2)CC1. The normalized spacial score (nSPS) is 16.0. The summed E-state index contributed by atoms with van der Waals surface area (Å²) >= 11 is 0. The van der Waals surface area contributed by atoms with Crippen molar-refractivity contribution in [1.29, 1.82) is 0 Å². The monoisotopic (exact) mass is 961 g/mol. The summed E-state index contributed by atoms with van der Waals surface area (Å²) < 4.78 is 60.4. The van der Waals surface area contributed by atoms with Gasteiger partial charge in [-0.15, -0.1) is 0 Å². The van der Waals surface area contributed by atoms with Crippen LogP contribution in [0, 0.1) is 23.3 Å². The molecule has 3 amide bonds. The molecule has 5 N–H and O–H groups in total. The minimum atomic E-state index is -1.25. The van der Waals surface area contributed by atoms with E-state index in [0.717, 1.165) is 53.8 Å². The van der Waals surface area contributed by atoms with E-state index in [9.17, 15) is 42.2 Å². The zero-order valence-corrected chi connectivity index (χ0v) is 41.8. The van der Waals surface area contributed by atoms with Crippen LogP contribution in [-0.2, 0) is 38.2 Å². The van der Waals surface area contributed by atoms with Crippen molar-refractivity contribution in [3.63, 3.8) is 0 Å². The van der Waals surface area contributed by atoms with Crippen LogP contribution in [0.5, 0.6) is 0 Å². The molecule has 4 aromatic carbocycles. The van der Waals surface area contributed by atoms with Gasteiger partial charge in [-0.1, -0.05) is 82.3 Å². The van der Waals surface area contributed by atoms with Crippen LogP contribution in [0.2, 0.25) is 0 Å². The van der Waals surface area contributed by atoms with Crippen LogP contribution in [-0.4, -0.2) is 76.0 Å². The quantitative estimate of drug-likeness (QED) is 0.0626. The van der Waals surface area contributed by atoms with Gasteiger partial charge >= 0.3 is 6.09 Å². The first-order valence-electron chi connectivity index (χ1n) is 23.8. The van der Waals surface area contributed by atoms with E-state index in [1.54, 1.807) is 20.8 Å². The second-order valence-corrected chi connectivity index (χ2v) is 19.4. The topological polar surface area (TPSA) is 140 Å². The maximum atomic E-state index is 13.8. The number of ether oxygens (including phenoxy) is 1. The fraction of sp³-hybridized carbons (Fsp3) is 0.473. The lowest BCUT2D eigenvalue weighted by atomic mass is 9.96. The number of hydrogen-bond acceptors (Lipinski definition) is 7. The van der Waals surface area contributed by atoms with Gasteiger partial charge < -0.3 is 30.9 Å². The van der Waals surface area contributed by atoms with Crippen molar-refractivity contribution >= 4 is 23.5 Å². The molecule has 0 aromatic heterocycles. The first-order chi connectivity index (χ1) is 32.4. The van der Waals surface area contributed by atoms with Gasteiger partial charge in [-0.05, 0) is 136 Å². The number of benzene rings is 4. The number of carbonyl (C=O) groups excluding carboxylic acids is 3. The Balaban J connectivity index is 0.000000296. The average molecular weight is 961 g/mol. The van der Waals surface area contributed by atoms with Crippen LogP contribution in [0.3, 0.4) is 0 Å². The van der Waals surface area contributed by atoms with Crippen molar-refractivity contribution in [1.82, 2.24) is 20.9 Å². The Bertz CT molecular complexity index is 2350. The van der Waals surface area contributed by atoms with E-state index < -0.39 is 70.7 Å². The molecule has 2 aliphatic carbocycles. The number of amides is 3. The minimum Gasteiger partial charge on any atom is -0.444 e. The van der Waals surface area contributed by atoms with Crippen molar-refractivity contribution in [3.05, 3.63) is 148 Å². The zero-order chi connectivity index (χ0) is 51.4. The molecule has 2 fully saturated rings. The molecule has 2 saturated carbocycles. The Labute approximate surface area is 405 Å². The van der Waals surface area contributed by atoms with Crippen LogP contribution in [0.1, 0.15) is 134 Å². The third kappa shape index (κ3) is 16.5. The number of aliphatic hydroxyl groups is 2. The molecule has 2 aliphatic rings. The summed E-state index contributed by atoms with van der Waals surface area (Å²) in [6.45, 7) is 22.3. The number of carbonyl (C=O) groups is 3. The first kappa shape index (κ1) is 56.0. The van der Waals surface area contributed by atoms with Gasteiger partial charge in [0.2, 0.25) is 11.8 Å². The molecule has 0 radical (unpaired) electrons. The highest BCUT2D eigenvalue weighted by Crippen LogP contribution is 2.52. The highest BCUT2D eigenvalue weighted by atomic mass is 19.1. The molecular formula is C55H72F4N4O6. The Morgan fingerprint density at radius 3 is 1.62 bits per heavy atom. The Hall–Kier alpha value is -5.57. The van der Waals surface area contributed by atoms with E-state index in [2.05, 4.69) is 60.6 Å². The van der Waals surface area contributed by atoms with E-state index in [1.807, 2.05) is 45.0 Å². The van der Waals surface area contributed by atoms with Crippen molar-refractivity contribution in [2.24, 2.45) is 0 Å². The van der Waals surface area contributed by atoms with Gasteiger partial charge in [-0.25, -0.2) is 22.4 Å². The van der Waals surface area contributed by atoms with E-state index in [-0.39, 0.29) is 42.9 Å². The number of hydrogen-bond donors (Lipinski definition) is 5. The maximum absolute atomic E-state index is 13.8. The molecule has 376 valence electrons. The molecule has 0 heterocycles. The smallest absolute Gasteiger partial charge is 0.411 e. The van der Waals surface area contributed by atoms with Crippen LogP contribution >= 0.6 is 0 Å². The fourth-order valence-corrected chi connectivity index (χ4v) is 8.35. The van der Waals surface area contributed by atoms with Gasteiger partial charge in [0, 0.05) is 38.1 Å². The molecule has 0 aliphatic heterocycles. The number of rotatable bonds is 18. The summed E-state index contributed by atoms with van der Waals surface area (Å²) in [5.41, 5.74) is 4.21. The van der Waals surface area contributed by atoms with Gasteiger partial charge in [0.05, 0.1) is 36.4 Å². The predicted molar refractivity (Wildman–Crippen MR) is 263 cm³/mol. The van der Waals surface area contributed by atoms with Crippen molar-refractivity contribution in [2.45, 2.75) is 155 Å². The molecule has 4 aromatic rings. The number of allylic oxidation sites excluding steroid dienone is 1. The molecule has 6 rings (SSSR count). The van der Waals surface area contributed by atoms with Gasteiger partial charge in [-0.2, -0.15) is 0 Å². The molecule has 0 unspecified atom stereocenters. The summed E-state index contributed by atoms with van der Waals surface area (Å²) in [4.78, 5) is 38.5.